The molecule has 0 aromatic heterocycles. The summed E-state index contributed by atoms with van der Waals surface area (Å²) in [4.78, 5) is 9.49. The summed E-state index contributed by atoms with van der Waals surface area (Å²) in [5, 5.41) is 0. The zero-order valence-electron chi connectivity index (χ0n) is 4.31. The van der Waals surface area contributed by atoms with Gasteiger partial charge in [0.1, 0.15) is 5.94 Å². The van der Waals surface area contributed by atoms with Gasteiger partial charge in [-0.15, -0.1) is 0 Å². The van der Waals surface area contributed by atoms with Crippen molar-refractivity contribution in [3.05, 3.63) is 6.08 Å². The summed E-state index contributed by atoms with van der Waals surface area (Å²) in [6.07, 6.45) is 4.37. The van der Waals surface area contributed by atoms with Gasteiger partial charge in [0, 0.05) is 6.08 Å². The molecule has 0 atom stereocenters. The minimum atomic E-state index is 0.852. The molecule has 0 rings (SSSR count). The maximum Gasteiger partial charge on any atom is 0.120 e. The fourth-order valence-corrected chi connectivity index (χ4v) is 0.589. The molecule has 0 aromatic carbocycles. The van der Waals surface area contributed by atoms with E-state index in [0.717, 1.165) is 12.2 Å². The van der Waals surface area contributed by atoms with E-state index in [1.165, 1.54) is 6.08 Å². The van der Waals surface area contributed by atoms with Gasteiger partial charge < -0.3 is 0 Å². The Hall–Kier alpha value is -0.200. The van der Waals surface area contributed by atoms with Gasteiger partial charge in [-0.2, -0.15) is 11.8 Å². The van der Waals surface area contributed by atoms with Crippen molar-refractivity contribution in [2.45, 2.75) is 6.42 Å². The highest BCUT2D eigenvalue weighted by Crippen LogP contribution is 1.93. The Morgan fingerprint density at radius 1 is 1.86 bits per heavy atom. The van der Waals surface area contributed by atoms with Crippen molar-refractivity contribution in [2.75, 3.05) is 12.0 Å². The molecule has 0 heterocycles. The van der Waals surface area contributed by atoms with Crippen molar-refractivity contribution in [2.24, 2.45) is 0 Å². The lowest BCUT2D eigenvalue weighted by Crippen LogP contribution is -1.69. The predicted octanol–water partition coefficient (Wildman–Crippen LogP) is 1.13. The van der Waals surface area contributed by atoms with Crippen LogP contribution in [-0.4, -0.2) is 17.9 Å². The maximum atomic E-state index is 9.49. The molecule has 0 aliphatic carbocycles. The molecule has 0 radical (unpaired) electrons. The maximum absolute atomic E-state index is 9.49. The standard InChI is InChI=1S/C5H8OS/c1-7-5-3-2-4-6/h2H,3,5H2,1H3. The van der Waals surface area contributed by atoms with Crippen molar-refractivity contribution >= 4 is 17.7 Å². The molecule has 40 valence electrons. The van der Waals surface area contributed by atoms with Gasteiger partial charge >= 0.3 is 0 Å². The highest BCUT2D eigenvalue weighted by molar-refractivity contribution is 7.98. The Morgan fingerprint density at radius 3 is 3.00 bits per heavy atom. The van der Waals surface area contributed by atoms with E-state index in [-0.39, 0.29) is 0 Å². The lowest BCUT2D eigenvalue weighted by molar-refractivity contribution is 0.568. The van der Waals surface area contributed by atoms with E-state index in [2.05, 4.69) is 0 Å². The number of allylic oxidation sites excluding steroid dienone is 1. The third-order valence-corrected chi connectivity index (χ3v) is 1.19. The van der Waals surface area contributed by atoms with Crippen LogP contribution in [0.4, 0.5) is 0 Å². The van der Waals surface area contributed by atoms with Crippen molar-refractivity contribution < 1.29 is 4.79 Å². The van der Waals surface area contributed by atoms with Gasteiger partial charge in [-0.1, -0.05) is 0 Å². The first-order valence-corrected chi connectivity index (χ1v) is 3.49. The molecule has 0 aliphatic rings. The number of hydrogen-bond acceptors (Lipinski definition) is 2. The smallest absolute Gasteiger partial charge is 0.120 e. The van der Waals surface area contributed by atoms with E-state index in [9.17, 15) is 4.79 Å². The Labute approximate surface area is 47.8 Å². The van der Waals surface area contributed by atoms with Gasteiger partial charge in [-0.05, 0) is 18.4 Å². The van der Waals surface area contributed by atoms with Gasteiger partial charge in [0.2, 0.25) is 0 Å². The normalized spacial score (nSPS) is 7.57. The number of thioether (sulfide) groups is 1. The third-order valence-electron chi connectivity index (χ3n) is 0.550. The molecule has 0 amide bonds. The molecule has 0 unspecified atom stereocenters. The molecular formula is C5H8OS. The van der Waals surface area contributed by atoms with Crippen LogP contribution in [0, 0.1) is 0 Å². The molecule has 0 aromatic rings. The molecule has 0 fully saturated rings. The highest BCUT2D eigenvalue weighted by Gasteiger charge is 1.74. The van der Waals surface area contributed by atoms with Crippen LogP contribution in [0.15, 0.2) is 6.08 Å². The Morgan fingerprint density at radius 2 is 2.57 bits per heavy atom. The fourth-order valence-electron chi connectivity index (χ4n) is 0.236. The summed E-state index contributed by atoms with van der Waals surface area (Å²) in [7, 11) is 0. The van der Waals surface area contributed by atoms with Crippen LogP contribution < -0.4 is 0 Å². The van der Waals surface area contributed by atoms with Crippen LogP contribution in [-0.2, 0) is 4.79 Å². The van der Waals surface area contributed by atoms with Crippen LogP contribution in [0.3, 0.4) is 0 Å². The summed E-state index contributed by atoms with van der Waals surface area (Å²) in [6, 6.07) is 0. The first-order chi connectivity index (χ1) is 3.41. The van der Waals surface area contributed by atoms with E-state index in [1.807, 2.05) is 6.26 Å². The van der Waals surface area contributed by atoms with Gasteiger partial charge in [0.05, 0.1) is 0 Å². The zero-order valence-corrected chi connectivity index (χ0v) is 5.12. The summed E-state index contributed by atoms with van der Waals surface area (Å²) in [5.41, 5.74) is 0. The molecule has 0 bridgehead atoms. The van der Waals surface area contributed by atoms with Gasteiger partial charge in [-0.25, -0.2) is 4.79 Å². The summed E-state index contributed by atoms with van der Waals surface area (Å²) >= 11 is 1.73. The molecule has 7 heavy (non-hydrogen) atoms. The molecule has 0 N–H and O–H groups in total. The Balaban J connectivity index is 2.83. The summed E-state index contributed by atoms with van der Waals surface area (Å²) in [6.45, 7) is 0. The third kappa shape index (κ3) is 5.80. The molecule has 1 nitrogen and oxygen atoms in total. The van der Waals surface area contributed by atoms with Gasteiger partial charge in [-0.3, -0.25) is 0 Å². The van der Waals surface area contributed by atoms with Crippen molar-refractivity contribution in [1.29, 1.82) is 0 Å². The minimum absolute atomic E-state index is 0.852. The van der Waals surface area contributed by atoms with Crippen molar-refractivity contribution in [3.63, 3.8) is 0 Å². The van der Waals surface area contributed by atoms with Crippen LogP contribution in [0.1, 0.15) is 6.42 Å². The second-order valence-corrected chi connectivity index (χ2v) is 2.09. The second kappa shape index (κ2) is 5.80. The molecule has 0 saturated carbocycles. The van der Waals surface area contributed by atoms with Crippen LogP contribution in [0.25, 0.3) is 0 Å². The monoisotopic (exact) mass is 116 g/mol. The fraction of sp³-hybridized carbons (Fsp3) is 0.600. The lowest BCUT2D eigenvalue weighted by atomic mass is 10.5. The SMILES string of the molecule is CSCCC=C=O. The Kier molecular flexibility index (Phi) is 5.63. The van der Waals surface area contributed by atoms with E-state index in [1.54, 1.807) is 17.7 Å². The quantitative estimate of drug-likeness (QED) is 0.406. The summed E-state index contributed by atoms with van der Waals surface area (Å²) in [5.74, 6) is 2.74. The molecule has 0 aliphatic heterocycles. The number of hydrogen-bond donors (Lipinski definition) is 0. The molecule has 2 heteroatoms. The number of rotatable bonds is 3. The van der Waals surface area contributed by atoms with E-state index in [4.69, 9.17) is 0 Å². The zero-order chi connectivity index (χ0) is 5.54. The van der Waals surface area contributed by atoms with Crippen molar-refractivity contribution in [1.82, 2.24) is 0 Å². The topological polar surface area (TPSA) is 17.1 Å². The van der Waals surface area contributed by atoms with E-state index >= 15 is 0 Å². The Bertz CT molecular complexity index is 74.1. The molecular weight excluding hydrogens is 108 g/mol. The predicted molar refractivity (Wildman–Crippen MR) is 33.3 cm³/mol. The lowest BCUT2D eigenvalue weighted by Gasteiger charge is -1.81. The molecule has 0 saturated heterocycles. The van der Waals surface area contributed by atoms with E-state index in [0.29, 0.717) is 0 Å². The van der Waals surface area contributed by atoms with Crippen LogP contribution in [0.5, 0.6) is 0 Å². The minimum Gasteiger partial charge on any atom is -0.234 e. The van der Waals surface area contributed by atoms with Gasteiger partial charge in [0.15, 0.2) is 0 Å². The first kappa shape index (κ1) is 6.80. The average molecular weight is 116 g/mol. The largest absolute Gasteiger partial charge is 0.234 e. The van der Waals surface area contributed by atoms with Crippen LogP contribution in [0.2, 0.25) is 0 Å². The van der Waals surface area contributed by atoms with E-state index < -0.39 is 0 Å². The van der Waals surface area contributed by atoms with Crippen LogP contribution >= 0.6 is 11.8 Å². The second-order valence-electron chi connectivity index (χ2n) is 1.10. The summed E-state index contributed by atoms with van der Waals surface area (Å²) < 4.78 is 0. The van der Waals surface area contributed by atoms with Gasteiger partial charge in [0.25, 0.3) is 0 Å². The van der Waals surface area contributed by atoms with Crippen molar-refractivity contribution in [3.8, 4) is 0 Å². The first-order valence-electron chi connectivity index (χ1n) is 2.10. The number of carbonyl (C=O) groups excluding carboxylic acids is 1. The molecule has 0 spiro atoms. The highest BCUT2D eigenvalue weighted by atomic mass is 32.2. The average Bonchev–Trinajstić information content (AvgIpc) is 1.69.